The molecule has 0 saturated heterocycles. The monoisotopic (exact) mass is 199 g/mol. The molecule has 0 aromatic carbocycles. The first-order chi connectivity index (χ1) is 7.36. The third-order valence-corrected chi connectivity index (χ3v) is 2.21. The minimum Gasteiger partial charge on any atom is -0.379 e. The fourth-order valence-corrected chi connectivity index (χ4v) is 1.36. The predicted molar refractivity (Wildman–Crippen MR) is 60.5 cm³/mol. The molecule has 2 aromatic heterocycles. The Balaban J connectivity index is 2.03. The van der Waals surface area contributed by atoms with Gasteiger partial charge >= 0.3 is 0 Å². The zero-order chi connectivity index (χ0) is 10.5. The molecular formula is C12H13N3. The van der Waals surface area contributed by atoms with E-state index in [9.17, 15) is 0 Å². The van der Waals surface area contributed by atoms with E-state index in [1.807, 2.05) is 37.4 Å². The predicted octanol–water partition coefficient (Wildman–Crippen LogP) is 2.40. The molecule has 76 valence electrons. The topological polar surface area (TPSA) is 37.8 Å². The molecule has 1 N–H and O–H groups in total. The molecule has 2 heterocycles. The molecule has 2 aromatic rings. The van der Waals surface area contributed by atoms with Crippen molar-refractivity contribution in [3.8, 4) is 0 Å². The van der Waals surface area contributed by atoms with Gasteiger partial charge in [0, 0.05) is 24.3 Å². The summed E-state index contributed by atoms with van der Waals surface area (Å²) in [6.07, 6.45) is 5.44. The van der Waals surface area contributed by atoms with Crippen LogP contribution in [0.15, 0.2) is 42.9 Å². The van der Waals surface area contributed by atoms with Crippen LogP contribution in [0.2, 0.25) is 0 Å². The molecule has 0 radical (unpaired) electrons. The largest absolute Gasteiger partial charge is 0.379 e. The summed E-state index contributed by atoms with van der Waals surface area (Å²) < 4.78 is 0. The smallest absolute Gasteiger partial charge is 0.0594 e. The van der Waals surface area contributed by atoms with Gasteiger partial charge in [0.1, 0.15) is 0 Å². The minimum atomic E-state index is 0.742. The number of rotatable bonds is 3. The summed E-state index contributed by atoms with van der Waals surface area (Å²) in [5.74, 6) is 0. The number of hydrogen-bond donors (Lipinski definition) is 1. The Morgan fingerprint density at radius 3 is 2.87 bits per heavy atom. The first-order valence-electron chi connectivity index (χ1n) is 4.90. The van der Waals surface area contributed by atoms with Crippen molar-refractivity contribution in [1.82, 2.24) is 9.97 Å². The highest BCUT2D eigenvalue weighted by atomic mass is 14.9. The molecule has 0 aliphatic rings. The Morgan fingerprint density at radius 2 is 2.13 bits per heavy atom. The number of nitrogens with zero attached hydrogens (tertiary/aromatic N) is 2. The molecule has 2 rings (SSSR count). The SMILES string of the molecule is Cc1cnccc1NCc1ccccn1. The molecular weight excluding hydrogens is 186 g/mol. The molecule has 0 spiro atoms. The highest BCUT2D eigenvalue weighted by molar-refractivity contribution is 5.48. The van der Waals surface area contributed by atoms with Gasteiger partial charge in [-0.3, -0.25) is 9.97 Å². The van der Waals surface area contributed by atoms with Crippen LogP contribution in [0.25, 0.3) is 0 Å². The normalized spacial score (nSPS) is 9.93. The molecule has 0 amide bonds. The van der Waals surface area contributed by atoms with Crippen molar-refractivity contribution in [2.75, 3.05) is 5.32 Å². The molecule has 0 unspecified atom stereocenters. The number of nitrogens with one attached hydrogen (secondary N) is 1. The Kier molecular flexibility index (Phi) is 2.93. The molecule has 0 saturated carbocycles. The summed E-state index contributed by atoms with van der Waals surface area (Å²) in [6, 6.07) is 7.88. The van der Waals surface area contributed by atoms with Gasteiger partial charge in [-0.15, -0.1) is 0 Å². The Bertz CT molecular complexity index is 426. The van der Waals surface area contributed by atoms with Gasteiger partial charge in [0.15, 0.2) is 0 Å². The van der Waals surface area contributed by atoms with Crippen LogP contribution >= 0.6 is 0 Å². The van der Waals surface area contributed by atoms with Gasteiger partial charge < -0.3 is 5.32 Å². The lowest BCUT2D eigenvalue weighted by Gasteiger charge is -2.07. The second-order valence-electron chi connectivity index (χ2n) is 3.37. The van der Waals surface area contributed by atoms with E-state index in [0.29, 0.717) is 0 Å². The maximum Gasteiger partial charge on any atom is 0.0594 e. The van der Waals surface area contributed by atoms with Crippen LogP contribution in [-0.2, 0) is 6.54 Å². The summed E-state index contributed by atoms with van der Waals surface area (Å²) in [5.41, 5.74) is 3.29. The van der Waals surface area contributed by atoms with Crippen molar-refractivity contribution in [2.24, 2.45) is 0 Å². The molecule has 0 aliphatic carbocycles. The summed E-state index contributed by atoms with van der Waals surface area (Å²) in [7, 11) is 0. The molecule has 0 atom stereocenters. The van der Waals surface area contributed by atoms with Crippen LogP contribution in [0, 0.1) is 6.92 Å². The molecule has 3 heteroatoms. The third kappa shape index (κ3) is 2.53. The van der Waals surface area contributed by atoms with Crippen molar-refractivity contribution >= 4 is 5.69 Å². The summed E-state index contributed by atoms with van der Waals surface area (Å²) in [6.45, 7) is 2.78. The minimum absolute atomic E-state index is 0.742. The fourth-order valence-electron chi connectivity index (χ4n) is 1.36. The summed E-state index contributed by atoms with van der Waals surface area (Å²) >= 11 is 0. The number of aryl methyl sites for hydroxylation is 1. The van der Waals surface area contributed by atoms with Gasteiger partial charge in [-0.1, -0.05) is 6.07 Å². The number of aromatic nitrogens is 2. The van der Waals surface area contributed by atoms with Crippen molar-refractivity contribution in [1.29, 1.82) is 0 Å². The van der Waals surface area contributed by atoms with Gasteiger partial charge in [-0.2, -0.15) is 0 Å². The Hall–Kier alpha value is -1.90. The van der Waals surface area contributed by atoms with E-state index >= 15 is 0 Å². The maximum absolute atomic E-state index is 4.25. The molecule has 15 heavy (non-hydrogen) atoms. The quantitative estimate of drug-likeness (QED) is 0.824. The van der Waals surface area contributed by atoms with Crippen LogP contribution in [0.4, 0.5) is 5.69 Å². The lowest BCUT2D eigenvalue weighted by atomic mass is 10.2. The van der Waals surface area contributed by atoms with Crippen molar-refractivity contribution < 1.29 is 0 Å². The number of anilines is 1. The van der Waals surface area contributed by atoms with Gasteiger partial charge in [0.2, 0.25) is 0 Å². The van der Waals surface area contributed by atoms with Gasteiger partial charge in [0.25, 0.3) is 0 Å². The van der Waals surface area contributed by atoms with Gasteiger partial charge in [-0.25, -0.2) is 0 Å². The first-order valence-corrected chi connectivity index (χ1v) is 4.90. The summed E-state index contributed by atoms with van der Waals surface area (Å²) in [5, 5.41) is 3.33. The summed E-state index contributed by atoms with van der Waals surface area (Å²) in [4.78, 5) is 8.29. The molecule has 0 aliphatic heterocycles. The third-order valence-electron chi connectivity index (χ3n) is 2.21. The van der Waals surface area contributed by atoms with E-state index in [1.54, 1.807) is 12.4 Å². The average Bonchev–Trinajstić information content (AvgIpc) is 2.29. The number of pyridine rings is 2. The lowest BCUT2D eigenvalue weighted by Crippen LogP contribution is -2.02. The lowest BCUT2D eigenvalue weighted by molar-refractivity contribution is 1.04. The fraction of sp³-hybridized carbons (Fsp3) is 0.167. The van der Waals surface area contributed by atoms with Crippen molar-refractivity contribution in [3.63, 3.8) is 0 Å². The van der Waals surface area contributed by atoms with Gasteiger partial charge in [-0.05, 0) is 30.7 Å². The number of hydrogen-bond acceptors (Lipinski definition) is 3. The average molecular weight is 199 g/mol. The highest BCUT2D eigenvalue weighted by Crippen LogP contribution is 2.12. The van der Waals surface area contributed by atoms with Crippen LogP contribution in [-0.4, -0.2) is 9.97 Å². The first kappa shape index (κ1) is 9.65. The van der Waals surface area contributed by atoms with Crippen LogP contribution in [0.5, 0.6) is 0 Å². The highest BCUT2D eigenvalue weighted by Gasteiger charge is 1.97. The second kappa shape index (κ2) is 4.55. The Morgan fingerprint density at radius 1 is 1.20 bits per heavy atom. The molecule has 0 bridgehead atoms. The maximum atomic E-state index is 4.25. The van der Waals surface area contributed by atoms with E-state index < -0.39 is 0 Å². The van der Waals surface area contributed by atoms with Crippen molar-refractivity contribution in [2.45, 2.75) is 13.5 Å². The molecule has 0 fully saturated rings. The standard InChI is InChI=1S/C12H13N3/c1-10-8-13-7-5-12(10)15-9-11-4-2-3-6-14-11/h2-8H,9H2,1H3,(H,13,15). The van der Waals surface area contributed by atoms with Crippen LogP contribution < -0.4 is 5.32 Å². The van der Waals surface area contributed by atoms with Crippen molar-refractivity contribution in [3.05, 3.63) is 54.1 Å². The Labute approximate surface area is 89.2 Å². The van der Waals surface area contributed by atoms with Crippen LogP contribution in [0.3, 0.4) is 0 Å². The zero-order valence-corrected chi connectivity index (χ0v) is 8.64. The van der Waals surface area contributed by atoms with E-state index in [0.717, 1.165) is 23.5 Å². The molecule has 3 nitrogen and oxygen atoms in total. The zero-order valence-electron chi connectivity index (χ0n) is 8.64. The van der Waals surface area contributed by atoms with E-state index in [-0.39, 0.29) is 0 Å². The van der Waals surface area contributed by atoms with Crippen LogP contribution in [0.1, 0.15) is 11.3 Å². The van der Waals surface area contributed by atoms with E-state index in [1.165, 1.54) is 0 Å². The second-order valence-corrected chi connectivity index (χ2v) is 3.37. The van der Waals surface area contributed by atoms with E-state index in [4.69, 9.17) is 0 Å². The van der Waals surface area contributed by atoms with E-state index in [2.05, 4.69) is 15.3 Å². The van der Waals surface area contributed by atoms with Gasteiger partial charge in [0.05, 0.1) is 12.2 Å².